The number of hydrogen-bond acceptors (Lipinski definition) is 4. The summed E-state index contributed by atoms with van der Waals surface area (Å²) in [6.07, 6.45) is -5.06. The predicted molar refractivity (Wildman–Crippen MR) is 60.2 cm³/mol. The standard InChI is InChI=1S/C11H15F3N2O2/c1-7-4-8(11(12,13)14)5-10(16-7)15-3-2-9(18)6-17/h4-5,9,17-18H,2-3,6H2,1H3,(H,15,16)/t9-/m1/s1. The molecule has 4 nitrogen and oxygen atoms in total. The molecule has 0 amide bonds. The van der Waals surface area contributed by atoms with E-state index in [0.717, 1.165) is 12.1 Å². The van der Waals surface area contributed by atoms with E-state index in [2.05, 4.69) is 10.3 Å². The van der Waals surface area contributed by atoms with Crippen LogP contribution in [0.1, 0.15) is 17.7 Å². The molecule has 0 saturated carbocycles. The van der Waals surface area contributed by atoms with Gasteiger partial charge in [0.25, 0.3) is 0 Å². The molecule has 0 aromatic carbocycles. The van der Waals surface area contributed by atoms with E-state index in [4.69, 9.17) is 10.2 Å². The first kappa shape index (κ1) is 14.7. The zero-order chi connectivity index (χ0) is 13.8. The molecule has 0 aliphatic heterocycles. The highest BCUT2D eigenvalue weighted by atomic mass is 19.4. The molecule has 3 N–H and O–H groups in total. The van der Waals surface area contributed by atoms with Crippen molar-refractivity contribution in [3.05, 3.63) is 23.4 Å². The lowest BCUT2D eigenvalue weighted by molar-refractivity contribution is -0.137. The van der Waals surface area contributed by atoms with Gasteiger partial charge in [0.2, 0.25) is 0 Å². The molecule has 18 heavy (non-hydrogen) atoms. The Morgan fingerprint density at radius 2 is 2.06 bits per heavy atom. The zero-order valence-corrected chi connectivity index (χ0v) is 9.83. The number of aromatic nitrogens is 1. The molecule has 1 heterocycles. The van der Waals surface area contributed by atoms with E-state index < -0.39 is 17.8 Å². The number of halogens is 3. The summed E-state index contributed by atoms with van der Waals surface area (Å²) >= 11 is 0. The minimum atomic E-state index is -4.41. The zero-order valence-electron chi connectivity index (χ0n) is 9.83. The Bertz CT molecular complexity index is 396. The molecule has 0 unspecified atom stereocenters. The van der Waals surface area contributed by atoms with Crippen LogP contribution in [0.3, 0.4) is 0 Å². The number of nitrogens with zero attached hydrogens (tertiary/aromatic N) is 1. The average Bonchev–Trinajstić information content (AvgIpc) is 2.27. The van der Waals surface area contributed by atoms with E-state index in [-0.39, 0.29) is 31.1 Å². The summed E-state index contributed by atoms with van der Waals surface area (Å²) in [4.78, 5) is 3.91. The molecule has 1 atom stereocenters. The van der Waals surface area contributed by atoms with Gasteiger partial charge in [-0.3, -0.25) is 0 Å². The normalized spacial score (nSPS) is 13.4. The average molecular weight is 264 g/mol. The molecule has 0 fully saturated rings. The van der Waals surface area contributed by atoms with Gasteiger partial charge in [0.15, 0.2) is 0 Å². The highest BCUT2D eigenvalue weighted by Crippen LogP contribution is 2.30. The van der Waals surface area contributed by atoms with E-state index in [1.165, 1.54) is 6.92 Å². The van der Waals surface area contributed by atoms with Crippen LogP contribution in [0.2, 0.25) is 0 Å². The van der Waals surface area contributed by atoms with Gasteiger partial charge in [-0.2, -0.15) is 13.2 Å². The van der Waals surface area contributed by atoms with Crippen LogP contribution in [0.25, 0.3) is 0 Å². The summed E-state index contributed by atoms with van der Waals surface area (Å²) in [5.41, 5.74) is -0.504. The quantitative estimate of drug-likeness (QED) is 0.755. The molecule has 0 radical (unpaired) electrons. The van der Waals surface area contributed by atoms with Crippen molar-refractivity contribution in [3.8, 4) is 0 Å². The lowest BCUT2D eigenvalue weighted by Gasteiger charge is -2.12. The topological polar surface area (TPSA) is 65.4 Å². The molecule has 0 aliphatic carbocycles. The van der Waals surface area contributed by atoms with Crippen molar-refractivity contribution in [2.75, 3.05) is 18.5 Å². The Labute approximate surface area is 102 Å². The molecular formula is C11H15F3N2O2. The molecule has 102 valence electrons. The maximum absolute atomic E-state index is 12.5. The van der Waals surface area contributed by atoms with Gasteiger partial charge in [0, 0.05) is 12.2 Å². The van der Waals surface area contributed by atoms with Crippen molar-refractivity contribution in [2.24, 2.45) is 0 Å². The molecule has 1 aromatic rings. The van der Waals surface area contributed by atoms with Crippen LogP contribution in [-0.4, -0.2) is 34.5 Å². The van der Waals surface area contributed by atoms with Crippen LogP contribution in [0.5, 0.6) is 0 Å². The van der Waals surface area contributed by atoms with Crippen LogP contribution in [-0.2, 0) is 6.18 Å². The van der Waals surface area contributed by atoms with Crippen LogP contribution in [0, 0.1) is 6.92 Å². The number of aliphatic hydroxyl groups is 2. The minimum absolute atomic E-state index is 0.104. The number of alkyl halides is 3. The van der Waals surface area contributed by atoms with Gasteiger partial charge in [0.1, 0.15) is 5.82 Å². The van der Waals surface area contributed by atoms with Crippen molar-refractivity contribution in [2.45, 2.75) is 25.6 Å². The Morgan fingerprint density at radius 1 is 1.39 bits per heavy atom. The number of aryl methyl sites for hydroxylation is 1. The number of aliphatic hydroxyl groups excluding tert-OH is 2. The van der Waals surface area contributed by atoms with Crippen molar-refractivity contribution < 1.29 is 23.4 Å². The number of anilines is 1. The Balaban J connectivity index is 2.69. The van der Waals surface area contributed by atoms with Crippen molar-refractivity contribution >= 4 is 5.82 Å². The van der Waals surface area contributed by atoms with Crippen molar-refractivity contribution in [1.29, 1.82) is 0 Å². The fourth-order valence-corrected chi connectivity index (χ4v) is 1.38. The van der Waals surface area contributed by atoms with Crippen LogP contribution in [0.15, 0.2) is 12.1 Å². The minimum Gasteiger partial charge on any atom is -0.394 e. The van der Waals surface area contributed by atoms with Gasteiger partial charge in [0.05, 0.1) is 18.3 Å². The largest absolute Gasteiger partial charge is 0.416 e. The molecule has 1 rings (SSSR count). The van der Waals surface area contributed by atoms with Gasteiger partial charge >= 0.3 is 6.18 Å². The second-order valence-electron chi connectivity index (χ2n) is 3.93. The first-order valence-electron chi connectivity index (χ1n) is 5.41. The molecular weight excluding hydrogens is 249 g/mol. The van der Waals surface area contributed by atoms with E-state index in [9.17, 15) is 13.2 Å². The Morgan fingerprint density at radius 3 is 2.61 bits per heavy atom. The van der Waals surface area contributed by atoms with Crippen molar-refractivity contribution in [3.63, 3.8) is 0 Å². The summed E-state index contributed by atoms with van der Waals surface area (Å²) < 4.78 is 37.6. The highest BCUT2D eigenvalue weighted by molar-refractivity contribution is 5.40. The molecule has 0 saturated heterocycles. The molecule has 0 aliphatic rings. The maximum Gasteiger partial charge on any atom is 0.416 e. The van der Waals surface area contributed by atoms with Crippen molar-refractivity contribution in [1.82, 2.24) is 4.98 Å². The lowest BCUT2D eigenvalue weighted by atomic mass is 10.2. The summed E-state index contributed by atoms with van der Waals surface area (Å²) in [6, 6.07) is 1.88. The second kappa shape index (κ2) is 6.01. The summed E-state index contributed by atoms with van der Waals surface area (Å²) in [5.74, 6) is 0.104. The SMILES string of the molecule is Cc1cc(C(F)(F)F)cc(NCC[C@@H](O)CO)n1. The summed E-state index contributed by atoms with van der Waals surface area (Å²) in [7, 11) is 0. The van der Waals surface area contributed by atoms with Gasteiger partial charge < -0.3 is 15.5 Å². The first-order chi connectivity index (χ1) is 8.32. The van der Waals surface area contributed by atoms with Crippen LogP contribution in [0.4, 0.5) is 19.0 Å². The lowest BCUT2D eigenvalue weighted by Crippen LogP contribution is -2.17. The summed E-state index contributed by atoms with van der Waals surface area (Å²) in [5, 5.41) is 20.3. The third-order valence-electron chi connectivity index (χ3n) is 2.28. The number of pyridine rings is 1. The molecule has 0 spiro atoms. The summed E-state index contributed by atoms with van der Waals surface area (Å²) in [6.45, 7) is 1.33. The molecule has 7 heteroatoms. The third kappa shape index (κ3) is 4.50. The van der Waals surface area contributed by atoms with Crippen LogP contribution >= 0.6 is 0 Å². The Hall–Kier alpha value is -1.34. The predicted octanol–water partition coefficient (Wildman–Crippen LogP) is 1.56. The van der Waals surface area contributed by atoms with Crippen LogP contribution < -0.4 is 5.32 Å². The number of nitrogens with one attached hydrogen (secondary N) is 1. The van der Waals surface area contributed by atoms with E-state index >= 15 is 0 Å². The highest BCUT2D eigenvalue weighted by Gasteiger charge is 2.31. The number of rotatable bonds is 5. The van der Waals surface area contributed by atoms with Gasteiger partial charge in [-0.05, 0) is 25.5 Å². The fourth-order valence-electron chi connectivity index (χ4n) is 1.38. The first-order valence-corrected chi connectivity index (χ1v) is 5.41. The third-order valence-corrected chi connectivity index (χ3v) is 2.28. The van der Waals surface area contributed by atoms with Gasteiger partial charge in [-0.25, -0.2) is 4.98 Å². The fraction of sp³-hybridized carbons (Fsp3) is 0.545. The van der Waals surface area contributed by atoms with E-state index in [0.29, 0.717) is 0 Å². The molecule has 1 aromatic heterocycles. The second-order valence-corrected chi connectivity index (χ2v) is 3.93. The van der Waals surface area contributed by atoms with Gasteiger partial charge in [-0.15, -0.1) is 0 Å². The smallest absolute Gasteiger partial charge is 0.394 e. The monoisotopic (exact) mass is 264 g/mol. The maximum atomic E-state index is 12.5. The van der Waals surface area contributed by atoms with E-state index in [1.807, 2.05) is 0 Å². The Kier molecular flexibility index (Phi) is 4.92. The van der Waals surface area contributed by atoms with Gasteiger partial charge in [-0.1, -0.05) is 0 Å². The van der Waals surface area contributed by atoms with E-state index in [1.54, 1.807) is 0 Å². The molecule has 0 bridgehead atoms. The number of hydrogen-bond donors (Lipinski definition) is 3.